The van der Waals surface area contributed by atoms with Crippen LogP contribution in [0.25, 0.3) is 0 Å². The average molecular weight is 303 g/mol. The van der Waals surface area contributed by atoms with Crippen molar-refractivity contribution in [2.75, 3.05) is 0 Å². The van der Waals surface area contributed by atoms with Crippen LogP contribution in [0.1, 0.15) is 21.0 Å². The molecule has 0 aliphatic carbocycles. The summed E-state index contributed by atoms with van der Waals surface area (Å²) < 4.78 is 37.3. The fourth-order valence-corrected chi connectivity index (χ4v) is 2.49. The summed E-state index contributed by atoms with van der Waals surface area (Å²) in [6.07, 6.45) is -3.38. The molecule has 0 saturated heterocycles. The van der Waals surface area contributed by atoms with E-state index in [9.17, 15) is 13.2 Å². The Hall–Kier alpha value is -1.58. The number of alkyl halides is 3. The van der Waals surface area contributed by atoms with Crippen LogP contribution >= 0.6 is 22.9 Å². The standard InChI is InChI=1S/C12H6ClF3N2S/c13-10-3-7(12(14,15)16)6-18-11(10)4-8-1-2-9(5-17)19-8/h1-3,6H,4H2. The van der Waals surface area contributed by atoms with Gasteiger partial charge in [-0.1, -0.05) is 11.6 Å². The lowest BCUT2D eigenvalue weighted by Gasteiger charge is -2.08. The zero-order valence-electron chi connectivity index (χ0n) is 9.33. The van der Waals surface area contributed by atoms with Crippen LogP contribution in [-0.4, -0.2) is 4.98 Å². The van der Waals surface area contributed by atoms with E-state index in [4.69, 9.17) is 16.9 Å². The molecule has 0 saturated carbocycles. The summed E-state index contributed by atoms with van der Waals surface area (Å²) in [5.41, 5.74) is -0.508. The van der Waals surface area contributed by atoms with Gasteiger partial charge in [0.05, 0.1) is 16.3 Å². The van der Waals surface area contributed by atoms with Crippen LogP contribution in [0.5, 0.6) is 0 Å². The Morgan fingerprint density at radius 2 is 2.11 bits per heavy atom. The molecule has 0 unspecified atom stereocenters. The van der Waals surface area contributed by atoms with Crippen LogP contribution < -0.4 is 0 Å². The second-order valence-corrected chi connectivity index (χ2v) is 5.28. The first-order valence-corrected chi connectivity index (χ1v) is 6.30. The lowest BCUT2D eigenvalue weighted by molar-refractivity contribution is -0.137. The molecule has 7 heteroatoms. The van der Waals surface area contributed by atoms with Crippen molar-refractivity contribution in [3.8, 4) is 6.07 Å². The van der Waals surface area contributed by atoms with Crippen molar-refractivity contribution in [1.82, 2.24) is 4.98 Å². The van der Waals surface area contributed by atoms with E-state index in [1.165, 1.54) is 11.3 Å². The van der Waals surface area contributed by atoms with E-state index in [1.807, 2.05) is 6.07 Å². The summed E-state index contributed by atoms with van der Waals surface area (Å²) in [6.45, 7) is 0. The normalized spacial score (nSPS) is 11.3. The van der Waals surface area contributed by atoms with Gasteiger partial charge < -0.3 is 0 Å². The number of nitriles is 1. The molecule has 0 bridgehead atoms. The maximum absolute atomic E-state index is 12.4. The third-order valence-corrected chi connectivity index (χ3v) is 3.68. The van der Waals surface area contributed by atoms with Crippen molar-refractivity contribution in [2.24, 2.45) is 0 Å². The van der Waals surface area contributed by atoms with Gasteiger partial charge in [-0.3, -0.25) is 4.98 Å². The first-order valence-electron chi connectivity index (χ1n) is 5.10. The average Bonchev–Trinajstić information content (AvgIpc) is 2.78. The Morgan fingerprint density at radius 3 is 2.63 bits per heavy atom. The van der Waals surface area contributed by atoms with Crippen molar-refractivity contribution in [1.29, 1.82) is 5.26 Å². The highest BCUT2D eigenvalue weighted by Gasteiger charge is 2.31. The molecule has 0 radical (unpaired) electrons. The monoisotopic (exact) mass is 302 g/mol. The molecule has 0 aromatic carbocycles. The molecule has 0 fully saturated rings. The molecular weight excluding hydrogens is 297 g/mol. The Kier molecular flexibility index (Phi) is 3.78. The van der Waals surface area contributed by atoms with Gasteiger partial charge in [0.1, 0.15) is 10.9 Å². The van der Waals surface area contributed by atoms with Gasteiger partial charge in [-0.15, -0.1) is 11.3 Å². The van der Waals surface area contributed by atoms with Gasteiger partial charge in [0.25, 0.3) is 0 Å². The molecule has 0 aliphatic rings. The van der Waals surface area contributed by atoms with Gasteiger partial charge in [0.2, 0.25) is 0 Å². The van der Waals surface area contributed by atoms with Crippen molar-refractivity contribution in [3.63, 3.8) is 0 Å². The first kappa shape index (κ1) is 13.8. The molecule has 0 spiro atoms. The van der Waals surface area contributed by atoms with Crippen molar-refractivity contribution >= 4 is 22.9 Å². The Labute approximate surface area is 116 Å². The minimum atomic E-state index is -4.45. The van der Waals surface area contributed by atoms with E-state index in [0.717, 1.165) is 17.1 Å². The quantitative estimate of drug-likeness (QED) is 0.830. The Balaban J connectivity index is 2.25. The molecular formula is C12H6ClF3N2S. The van der Waals surface area contributed by atoms with Crippen LogP contribution in [-0.2, 0) is 12.6 Å². The third kappa shape index (κ3) is 3.25. The second-order valence-electron chi connectivity index (χ2n) is 3.70. The molecule has 0 atom stereocenters. The predicted octanol–water partition coefficient (Wildman–Crippen LogP) is 4.28. The minimum absolute atomic E-state index is 0.0262. The van der Waals surface area contributed by atoms with Gasteiger partial charge in [0, 0.05) is 17.5 Å². The van der Waals surface area contributed by atoms with E-state index in [1.54, 1.807) is 12.1 Å². The molecule has 2 heterocycles. The number of aromatic nitrogens is 1. The Morgan fingerprint density at radius 1 is 1.37 bits per heavy atom. The van der Waals surface area contributed by atoms with Crippen LogP contribution in [0.4, 0.5) is 13.2 Å². The zero-order valence-corrected chi connectivity index (χ0v) is 10.9. The second kappa shape index (κ2) is 5.19. The maximum Gasteiger partial charge on any atom is 0.417 e. The summed E-state index contributed by atoms with van der Waals surface area (Å²) in [5.74, 6) is 0. The van der Waals surface area contributed by atoms with Gasteiger partial charge in [-0.25, -0.2) is 0 Å². The molecule has 2 aromatic heterocycles. The molecule has 19 heavy (non-hydrogen) atoms. The topological polar surface area (TPSA) is 36.7 Å². The Bertz CT molecular complexity index is 643. The van der Waals surface area contributed by atoms with Gasteiger partial charge in [-0.05, 0) is 18.2 Å². The lowest BCUT2D eigenvalue weighted by Crippen LogP contribution is -2.06. The van der Waals surface area contributed by atoms with E-state index in [-0.39, 0.29) is 5.02 Å². The molecule has 2 aromatic rings. The highest BCUT2D eigenvalue weighted by molar-refractivity contribution is 7.12. The SMILES string of the molecule is N#Cc1ccc(Cc2ncc(C(F)(F)F)cc2Cl)s1. The number of hydrogen-bond donors (Lipinski definition) is 0. The van der Waals surface area contributed by atoms with Crippen LogP contribution in [0.3, 0.4) is 0 Å². The van der Waals surface area contributed by atoms with Crippen molar-refractivity contribution in [2.45, 2.75) is 12.6 Å². The number of hydrogen-bond acceptors (Lipinski definition) is 3. The third-order valence-electron chi connectivity index (χ3n) is 2.36. The van der Waals surface area contributed by atoms with Gasteiger partial charge in [-0.2, -0.15) is 18.4 Å². The molecule has 98 valence electrons. The molecule has 0 aliphatic heterocycles. The van der Waals surface area contributed by atoms with E-state index in [0.29, 0.717) is 17.0 Å². The number of thiophene rings is 1. The molecule has 0 N–H and O–H groups in total. The van der Waals surface area contributed by atoms with Crippen molar-refractivity contribution in [3.05, 3.63) is 50.4 Å². The largest absolute Gasteiger partial charge is 0.417 e. The number of halogens is 4. The van der Waals surface area contributed by atoms with Crippen LogP contribution in [0.2, 0.25) is 5.02 Å². The van der Waals surface area contributed by atoms with Crippen molar-refractivity contribution < 1.29 is 13.2 Å². The highest BCUT2D eigenvalue weighted by Crippen LogP contribution is 2.32. The summed E-state index contributed by atoms with van der Waals surface area (Å²) >= 11 is 7.07. The number of rotatable bonds is 2. The number of pyridine rings is 1. The van der Waals surface area contributed by atoms with Gasteiger partial charge in [0.15, 0.2) is 0 Å². The van der Waals surface area contributed by atoms with E-state index < -0.39 is 11.7 Å². The minimum Gasteiger partial charge on any atom is -0.259 e. The summed E-state index contributed by atoms with van der Waals surface area (Å²) in [5, 5.41) is 8.67. The summed E-state index contributed by atoms with van der Waals surface area (Å²) in [4.78, 5) is 5.11. The summed E-state index contributed by atoms with van der Waals surface area (Å²) in [7, 11) is 0. The smallest absolute Gasteiger partial charge is 0.259 e. The van der Waals surface area contributed by atoms with Crippen LogP contribution in [0.15, 0.2) is 24.4 Å². The molecule has 2 rings (SSSR count). The highest BCUT2D eigenvalue weighted by atomic mass is 35.5. The van der Waals surface area contributed by atoms with E-state index >= 15 is 0 Å². The van der Waals surface area contributed by atoms with Crippen LogP contribution in [0, 0.1) is 11.3 Å². The molecule has 0 amide bonds. The maximum atomic E-state index is 12.4. The lowest BCUT2D eigenvalue weighted by atomic mass is 10.2. The zero-order chi connectivity index (χ0) is 14.0. The number of nitrogens with zero attached hydrogens (tertiary/aromatic N) is 2. The molecule has 2 nitrogen and oxygen atoms in total. The predicted molar refractivity (Wildman–Crippen MR) is 66.1 cm³/mol. The van der Waals surface area contributed by atoms with E-state index in [2.05, 4.69) is 4.98 Å². The van der Waals surface area contributed by atoms with Gasteiger partial charge >= 0.3 is 6.18 Å². The first-order chi connectivity index (χ1) is 8.90. The fourth-order valence-electron chi connectivity index (χ4n) is 1.45. The fraction of sp³-hybridized carbons (Fsp3) is 0.167. The summed E-state index contributed by atoms with van der Waals surface area (Å²) in [6, 6.07) is 6.24.